The van der Waals surface area contributed by atoms with Crippen molar-refractivity contribution in [3.8, 4) is 5.69 Å². The van der Waals surface area contributed by atoms with Crippen LogP contribution < -0.4 is 0 Å². The van der Waals surface area contributed by atoms with Crippen molar-refractivity contribution in [3.05, 3.63) is 60.2 Å². The lowest BCUT2D eigenvalue weighted by Gasteiger charge is -2.30. The lowest BCUT2D eigenvalue weighted by Crippen LogP contribution is -2.36. The van der Waals surface area contributed by atoms with E-state index in [0.717, 1.165) is 49.6 Å². The van der Waals surface area contributed by atoms with Crippen LogP contribution in [0.15, 0.2) is 48.8 Å². The zero-order chi connectivity index (χ0) is 17.8. The topological polar surface area (TPSA) is 61.0 Å². The van der Waals surface area contributed by atoms with E-state index in [1.54, 1.807) is 7.11 Å². The minimum absolute atomic E-state index is 0.404. The molecule has 0 spiro atoms. The lowest BCUT2D eigenvalue weighted by molar-refractivity contribution is 0.0385. The summed E-state index contributed by atoms with van der Waals surface area (Å²) in [5.74, 6) is 0. The zero-order valence-corrected chi connectivity index (χ0v) is 15.0. The van der Waals surface area contributed by atoms with E-state index in [4.69, 9.17) is 4.74 Å². The molecule has 136 valence electrons. The van der Waals surface area contributed by atoms with E-state index in [1.807, 2.05) is 58.2 Å². The van der Waals surface area contributed by atoms with Gasteiger partial charge in [-0.05, 0) is 31.0 Å². The van der Waals surface area contributed by atoms with Gasteiger partial charge in [-0.3, -0.25) is 4.90 Å². The number of rotatable bonds is 6. The summed E-state index contributed by atoms with van der Waals surface area (Å²) in [4.78, 5) is 2.41. The molecule has 0 aliphatic carbocycles. The number of ether oxygens (including phenoxy) is 1. The number of hydrogen-bond acceptors (Lipinski definition) is 5. The number of piperidine rings is 1. The van der Waals surface area contributed by atoms with Crippen molar-refractivity contribution < 1.29 is 4.74 Å². The maximum atomic E-state index is 5.43. The Bertz CT molecular complexity index is 819. The quantitative estimate of drug-likeness (QED) is 0.680. The maximum Gasteiger partial charge on any atom is 0.0967 e. The van der Waals surface area contributed by atoms with Crippen LogP contribution in [0.5, 0.6) is 0 Å². The van der Waals surface area contributed by atoms with Crippen LogP contribution in [0.25, 0.3) is 5.69 Å². The summed E-state index contributed by atoms with van der Waals surface area (Å²) in [6, 6.07) is 12.1. The first-order valence-electron chi connectivity index (χ1n) is 9.04. The van der Waals surface area contributed by atoms with Crippen molar-refractivity contribution in [1.82, 2.24) is 29.7 Å². The fourth-order valence-corrected chi connectivity index (χ4v) is 3.36. The van der Waals surface area contributed by atoms with Gasteiger partial charge >= 0.3 is 0 Å². The highest BCUT2D eigenvalue weighted by Gasteiger charge is 2.19. The van der Waals surface area contributed by atoms with Gasteiger partial charge in [0.1, 0.15) is 0 Å². The molecule has 0 saturated carbocycles. The molecular formula is C19H24N6O. The predicted molar refractivity (Wildman–Crippen MR) is 98.0 cm³/mol. The molecule has 0 radical (unpaired) electrons. The highest BCUT2D eigenvalue weighted by molar-refractivity contribution is 5.30. The number of aromatic nitrogens is 5. The molecule has 1 aliphatic heterocycles. The summed E-state index contributed by atoms with van der Waals surface area (Å²) in [6.45, 7) is 3.56. The van der Waals surface area contributed by atoms with Crippen molar-refractivity contribution >= 4 is 0 Å². The fraction of sp³-hybridized carbons (Fsp3) is 0.421. The molecule has 0 atom stereocenters. The average Bonchev–Trinajstić information content (AvgIpc) is 3.33. The molecule has 3 aromatic rings. The van der Waals surface area contributed by atoms with Crippen LogP contribution in [0.4, 0.5) is 0 Å². The number of nitrogens with zero attached hydrogens (tertiary/aromatic N) is 6. The highest BCUT2D eigenvalue weighted by Crippen LogP contribution is 2.15. The minimum atomic E-state index is 0.404. The molecule has 1 aliphatic rings. The number of para-hydroxylation sites is 1. The van der Waals surface area contributed by atoms with Crippen molar-refractivity contribution in [1.29, 1.82) is 0 Å². The molecular weight excluding hydrogens is 328 g/mol. The van der Waals surface area contributed by atoms with Crippen LogP contribution in [0.1, 0.15) is 24.2 Å². The first-order valence-corrected chi connectivity index (χ1v) is 9.04. The van der Waals surface area contributed by atoms with Crippen molar-refractivity contribution in [2.45, 2.75) is 32.0 Å². The van der Waals surface area contributed by atoms with Crippen LogP contribution in [-0.2, 0) is 17.8 Å². The molecule has 0 amide bonds. The van der Waals surface area contributed by atoms with Gasteiger partial charge in [-0.2, -0.15) is 5.10 Å². The van der Waals surface area contributed by atoms with Gasteiger partial charge in [0.05, 0.1) is 35.9 Å². The van der Waals surface area contributed by atoms with E-state index in [0.29, 0.717) is 12.6 Å². The minimum Gasteiger partial charge on any atom is -0.381 e. The average molecular weight is 352 g/mol. The monoisotopic (exact) mass is 352 g/mol. The van der Waals surface area contributed by atoms with Gasteiger partial charge in [-0.1, -0.05) is 23.4 Å². The lowest BCUT2D eigenvalue weighted by atomic mass is 10.1. The molecule has 0 N–H and O–H groups in total. The molecule has 7 heteroatoms. The second-order valence-electron chi connectivity index (χ2n) is 6.71. The second-order valence-corrected chi connectivity index (χ2v) is 6.71. The smallest absolute Gasteiger partial charge is 0.0967 e. The van der Waals surface area contributed by atoms with Gasteiger partial charge < -0.3 is 4.74 Å². The van der Waals surface area contributed by atoms with E-state index < -0.39 is 0 Å². The van der Waals surface area contributed by atoms with Crippen molar-refractivity contribution in [2.24, 2.45) is 0 Å². The Hall–Kier alpha value is -2.51. The SMILES string of the molecule is COC1CCN(Cc2cn(Cc3ccn(-c4ccccc4)n3)nn2)CC1. The largest absolute Gasteiger partial charge is 0.381 e. The van der Waals surface area contributed by atoms with Gasteiger partial charge in [0.25, 0.3) is 0 Å². The molecule has 2 aromatic heterocycles. The molecule has 26 heavy (non-hydrogen) atoms. The van der Waals surface area contributed by atoms with Crippen LogP contribution in [-0.4, -0.2) is 56.0 Å². The normalized spacial score (nSPS) is 16.2. The van der Waals surface area contributed by atoms with E-state index in [1.165, 1.54) is 0 Å². The second kappa shape index (κ2) is 7.80. The van der Waals surface area contributed by atoms with E-state index in [2.05, 4.69) is 20.3 Å². The third-order valence-corrected chi connectivity index (χ3v) is 4.83. The van der Waals surface area contributed by atoms with Gasteiger partial charge in [0, 0.05) is 32.9 Å². The van der Waals surface area contributed by atoms with Crippen LogP contribution in [0.2, 0.25) is 0 Å². The maximum absolute atomic E-state index is 5.43. The van der Waals surface area contributed by atoms with Crippen LogP contribution in [0.3, 0.4) is 0 Å². The van der Waals surface area contributed by atoms with E-state index in [-0.39, 0.29) is 0 Å². The Balaban J connectivity index is 1.35. The molecule has 3 heterocycles. The number of benzene rings is 1. The number of hydrogen-bond donors (Lipinski definition) is 0. The Labute approximate surface area is 153 Å². The van der Waals surface area contributed by atoms with Crippen LogP contribution >= 0.6 is 0 Å². The molecule has 0 unspecified atom stereocenters. The third-order valence-electron chi connectivity index (χ3n) is 4.83. The molecule has 1 saturated heterocycles. The van der Waals surface area contributed by atoms with E-state index in [9.17, 15) is 0 Å². The molecule has 0 bridgehead atoms. The summed E-state index contributed by atoms with van der Waals surface area (Å²) in [5.41, 5.74) is 3.02. The summed E-state index contributed by atoms with van der Waals surface area (Å²) in [5, 5.41) is 13.2. The zero-order valence-electron chi connectivity index (χ0n) is 15.0. The number of likely N-dealkylation sites (tertiary alicyclic amines) is 1. The number of methoxy groups -OCH3 is 1. The van der Waals surface area contributed by atoms with Crippen molar-refractivity contribution in [3.63, 3.8) is 0 Å². The summed E-state index contributed by atoms with van der Waals surface area (Å²) in [7, 11) is 1.80. The first kappa shape index (κ1) is 16.9. The van der Waals surface area contributed by atoms with Gasteiger partial charge in [0.2, 0.25) is 0 Å². The summed E-state index contributed by atoms with van der Waals surface area (Å²) >= 11 is 0. The Kier molecular flexibility index (Phi) is 5.08. The Morgan fingerprint density at radius 2 is 1.85 bits per heavy atom. The Morgan fingerprint density at radius 3 is 2.62 bits per heavy atom. The summed E-state index contributed by atoms with van der Waals surface area (Å²) < 4.78 is 9.16. The first-order chi connectivity index (χ1) is 12.8. The molecule has 7 nitrogen and oxygen atoms in total. The molecule has 1 aromatic carbocycles. The third kappa shape index (κ3) is 4.00. The predicted octanol–water partition coefficient (Wildman–Crippen LogP) is 2.12. The molecule has 4 rings (SSSR count). The van der Waals surface area contributed by atoms with Gasteiger partial charge in [-0.15, -0.1) is 5.10 Å². The standard InChI is InChI=1S/C19H24N6O/c1-26-19-8-10-23(11-9-19)13-17-15-24(22-20-17)14-16-7-12-25(21-16)18-5-3-2-4-6-18/h2-7,12,15,19H,8-11,13-14H2,1H3. The van der Waals surface area contributed by atoms with Crippen LogP contribution in [0, 0.1) is 0 Å². The summed E-state index contributed by atoms with van der Waals surface area (Å²) in [6.07, 6.45) is 6.57. The Morgan fingerprint density at radius 1 is 1.04 bits per heavy atom. The highest BCUT2D eigenvalue weighted by atomic mass is 16.5. The van der Waals surface area contributed by atoms with Gasteiger partial charge in [0.15, 0.2) is 0 Å². The van der Waals surface area contributed by atoms with Crippen molar-refractivity contribution in [2.75, 3.05) is 20.2 Å². The van der Waals surface area contributed by atoms with Gasteiger partial charge in [-0.25, -0.2) is 9.36 Å². The fourth-order valence-electron chi connectivity index (χ4n) is 3.36. The molecule has 1 fully saturated rings. The van der Waals surface area contributed by atoms with E-state index >= 15 is 0 Å².